The molecule has 1 fully saturated rings. The molecular weight excluding hydrogens is 350 g/mol. The van der Waals surface area contributed by atoms with Crippen molar-refractivity contribution in [3.8, 4) is 5.69 Å². The zero-order valence-electron chi connectivity index (χ0n) is 14.1. The second-order valence-corrected chi connectivity index (χ2v) is 6.49. The number of ether oxygens (including phenoxy) is 1. The third kappa shape index (κ3) is 3.23. The van der Waals surface area contributed by atoms with Gasteiger partial charge in [0, 0.05) is 13.1 Å². The minimum atomic E-state index is -0.321. The van der Waals surface area contributed by atoms with Crippen molar-refractivity contribution in [2.45, 2.75) is 6.10 Å². The molecule has 0 bridgehead atoms. The Hall–Kier alpha value is -2.63. The standard InChI is InChI=1S/C20H18ClN3O2/c21-19-17(13-22-24(20(19)25)16-9-5-2-6-10-16)23-11-12-26-18(14-23)15-7-3-1-4-8-15/h1-10,13,18H,11-12,14H2/t18-/m0/s1. The quantitative estimate of drug-likeness (QED) is 0.711. The Kier molecular flexibility index (Phi) is 4.73. The summed E-state index contributed by atoms with van der Waals surface area (Å²) >= 11 is 6.42. The van der Waals surface area contributed by atoms with Gasteiger partial charge in [-0.25, -0.2) is 0 Å². The number of hydrogen-bond acceptors (Lipinski definition) is 4. The highest BCUT2D eigenvalue weighted by atomic mass is 35.5. The minimum Gasteiger partial charge on any atom is -0.370 e. The Balaban J connectivity index is 1.64. The van der Waals surface area contributed by atoms with Crippen LogP contribution in [-0.2, 0) is 4.74 Å². The van der Waals surface area contributed by atoms with E-state index >= 15 is 0 Å². The van der Waals surface area contributed by atoms with E-state index in [1.54, 1.807) is 6.20 Å². The van der Waals surface area contributed by atoms with E-state index in [-0.39, 0.29) is 16.7 Å². The van der Waals surface area contributed by atoms with E-state index in [0.717, 1.165) is 5.56 Å². The van der Waals surface area contributed by atoms with E-state index in [2.05, 4.69) is 10.00 Å². The van der Waals surface area contributed by atoms with Gasteiger partial charge in [-0.3, -0.25) is 4.79 Å². The summed E-state index contributed by atoms with van der Waals surface area (Å²) in [7, 11) is 0. The molecule has 1 aliphatic rings. The molecular formula is C20H18ClN3O2. The van der Waals surface area contributed by atoms with Crippen molar-refractivity contribution in [2.24, 2.45) is 0 Å². The summed E-state index contributed by atoms with van der Waals surface area (Å²) in [6.45, 7) is 1.86. The van der Waals surface area contributed by atoms with Gasteiger partial charge in [-0.1, -0.05) is 60.1 Å². The summed E-state index contributed by atoms with van der Waals surface area (Å²) in [5, 5.41) is 4.50. The van der Waals surface area contributed by atoms with E-state index in [1.165, 1.54) is 4.68 Å². The monoisotopic (exact) mass is 367 g/mol. The normalized spacial score (nSPS) is 17.3. The van der Waals surface area contributed by atoms with Crippen LogP contribution in [-0.4, -0.2) is 29.5 Å². The van der Waals surface area contributed by atoms with Crippen LogP contribution in [0.25, 0.3) is 5.69 Å². The highest BCUT2D eigenvalue weighted by Gasteiger charge is 2.25. The minimum absolute atomic E-state index is 0.0578. The lowest BCUT2D eigenvalue weighted by molar-refractivity contribution is 0.0397. The number of hydrogen-bond donors (Lipinski definition) is 0. The third-order valence-corrected chi connectivity index (χ3v) is 4.84. The molecule has 3 aromatic rings. The van der Waals surface area contributed by atoms with Gasteiger partial charge < -0.3 is 9.64 Å². The number of morpholine rings is 1. The largest absolute Gasteiger partial charge is 0.370 e. The van der Waals surface area contributed by atoms with Gasteiger partial charge in [-0.15, -0.1) is 0 Å². The van der Waals surface area contributed by atoms with Crippen LogP contribution in [0.3, 0.4) is 0 Å². The lowest BCUT2D eigenvalue weighted by Gasteiger charge is -2.34. The Morgan fingerprint density at radius 3 is 2.46 bits per heavy atom. The van der Waals surface area contributed by atoms with Crippen molar-refractivity contribution < 1.29 is 4.74 Å². The van der Waals surface area contributed by atoms with Crippen LogP contribution in [0, 0.1) is 0 Å². The maximum absolute atomic E-state index is 12.7. The van der Waals surface area contributed by atoms with Crippen molar-refractivity contribution in [3.63, 3.8) is 0 Å². The van der Waals surface area contributed by atoms with Crippen molar-refractivity contribution in [1.82, 2.24) is 9.78 Å². The van der Waals surface area contributed by atoms with E-state index in [9.17, 15) is 4.79 Å². The van der Waals surface area contributed by atoms with Crippen LogP contribution in [0.1, 0.15) is 11.7 Å². The smallest absolute Gasteiger partial charge is 0.292 e. The lowest BCUT2D eigenvalue weighted by Crippen LogP contribution is -2.39. The predicted molar refractivity (Wildman–Crippen MR) is 102 cm³/mol. The van der Waals surface area contributed by atoms with E-state index in [4.69, 9.17) is 16.3 Å². The Labute approximate surface area is 156 Å². The molecule has 0 aliphatic carbocycles. The molecule has 6 heteroatoms. The first-order valence-electron chi connectivity index (χ1n) is 8.49. The number of rotatable bonds is 3. The van der Waals surface area contributed by atoms with Crippen molar-refractivity contribution in [2.75, 3.05) is 24.6 Å². The molecule has 0 unspecified atom stereocenters. The molecule has 5 nitrogen and oxygen atoms in total. The van der Waals surface area contributed by atoms with Crippen LogP contribution >= 0.6 is 11.6 Å². The lowest BCUT2D eigenvalue weighted by atomic mass is 10.1. The van der Waals surface area contributed by atoms with Crippen LogP contribution in [0.2, 0.25) is 5.02 Å². The number of aromatic nitrogens is 2. The molecule has 132 valence electrons. The average Bonchev–Trinajstić information content (AvgIpc) is 2.71. The molecule has 0 amide bonds. The van der Waals surface area contributed by atoms with Crippen molar-refractivity contribution in [3.05, 3.63) is 87.8 Å². The van der Waals surface area contributed by atoms with Gasteiger partial charge in [0.2, 0.25) is 0 Å². The van der Waals surface area contributed by atoms with Gasteiger partial charge >= 0.3 is 0 Å². The van der Waals surface area contributed by atoms with E-state index < -0.39 is 0 Å². The molecule has 2 aromatic carbocycles. The van der Waals surface area contributed by atoms with Gasteiger partial charge in [0.15, 0.2) is 0 Å². The van der Waals surface area contributed by atoms with Gasteiger partial charge in [-0.05, 0) is 17.7 Å². The predicted octanol–water partition coefficient (Wildman–Crippen LogP) is 3.46. The summed E-state index contributed by atoms with van der Waals surface area (Å²) in [6.07, 6.45) is 1.60. The third-order valence-electron chi connectivity index (χ3n) is 4.48. The van der Waals surface area contributed by atoms with Gasteiger partial charge in [-0.2, -0.15) is 9.78 Å². The van der Waals surface area contributed by atoms with Crippen LogP contribution in [0.5, 0.6) is 0 Å². The molecule has 4 rings (SSSR count). The molecule has 0 saturated carbocycles. The number of para-hydroxylation sites is 1. The fourth-order valence-electron chi connectivity index (χ4n) is 3.14. The highest BCUT2D eigenvalue weighted by Crippen LogP contribution is 2.28. The summed E-state index contributed by atoms with van der Waals surface area (Å²) in [6, 6.07) is 19.3. The Morgan fingerprint density at radius 2 is 1.73 bits per heavy atom. The van der Waals surface area contributed by atoms with E-state index in [0.29, 0.717) is 31.1 Å². The molecule has 26 heavy (non-hydrogen) atoms. The van der Waals surface area contributed by atoms with Gasteiger partial charge in [0.25, 0.3) is 5.56 Å². The summed E-state index contributed by atoms with van der Waals surface area (Å²) in [5.41, 5.74) is 2.13. The molecule has 0 spiro atoms. The molecule has 0 N–H and O–H groups in total. The summed E-state index contributed by atoms with van der Waals surface area (Å²) < 4.78 is 7.21. The second kappa shape index (κ2) is 7.32. The first-order chi connectivity index (χ1) is 12.7. The fourth-order valence-corrected chi connectivity index (χ4v) is 3.38. The van der Waals surface area contributed by atoms with Crippen molar-refractivity contribution >= 4 is 17.3 Å². The zero-order chi connectivity index (χ0) is 17.9. The first kappa shape index (κ1) is 16.8. The number of benzene rings is 2. The number of anilines is 1. The maximum atomic E-state index is 12.7. The highest BCUT2D eigenvalue weighted by molar-refractivity contribution is 6.33. The maximum Gasteiger partial charge on any atom is 0.292 e. The molecule has 1 saturated heterocycles. The fraction of sp³-hybridized carbons (Fsp3) is 0.200. The Morgan fingerprint density at radius 1 is 1.04 bits per heavy atom. The first-order valence-corrected chi connectivity index (χ1v) is 8.86. The number of nitrogens with zero attached hydrogens (tertiary/aromatic N) is 3. The van der Waals surface area contributed by atoms with Gasteiger partial charge in [0.1, 0.15) is 11.1 Å². The molecule has 1 atom stereocenters. The van der Waals surface area contributed by atoms with Crippen LogP contribution in [0.15, 0.2) is 71.7 Å². The van der Waals surface area contributed by atoms with Crippen LogP contribution in [0.4, 0.5) is 5.69 Å². The second-order valence-electron chi connectivity index (χ2n) is 6.11. The number of halogens is 1. The van der Waals surface area contributed by atoms with Crippen molar-refractivity contribution in [1.29, 1.82) is 0 Å². The van der Waals surface area contributed by atoms with E-state index in [1.807, 2.05) is 60.7 Å². The summed E-state index contributed by atoms with van der Waals surface area (Å²) in [5.74, 6) is 0. The van der Waals surface area contributed by atoms with Crippen LogP contribution < -0.4 is 10.5 Å². The summed E-state index contributed by atoms with van der Waals surface area (Å²) in [4.78, 5) is 14.8. The topological polar surface area (TPSA) is 47.4 Å². The molecule has 1 aliphatic heterocycles. The molecule has 2 heterocycles. The zero-order valence-corrected chi connectivity index (χ0v) is 14.8. The molecule has 1 aromatic heterocycles. The van der Waals surface area contributed by atoms with Gasteiger partial charge in [0.05, 0.1) is 24.2 Å². The molecule has 0 radical (unpaired) electrons. The Bertz CT molecular complexity index is 944. The SMILES string of the molecule is O=c1c(Cl)c(N2CCO[C@H](c3ccccc3)C2)cnn1-c1ccccc1. The average molecular weight is 368 g/mol.